The van der Waals surface area contributed by atoms with Crippen molar-refractivity contribution in [2.24, 2.45) is 17.3 Å². The molecule has 2 nitrogen and oxygen atoms in total. The molecule has 0 saturated heterocycles. The lowest BCUT2D eigenvalue weighted by Gasteiger charge is -2.10. The minimum absolute atomic E-state index is 0.151. The summed E-state index contributed by atoms with van der Waals surface area (Å²) in [6, 6.07) is 0. The lowest BCUT2D eigenvalue weighted by molar-refractivity contribution is -0.130. The van der Waals surface area contributed by atoms with Crippen molar-refractivity contribution in [1.29, 1.82) is 0 Å². The highest BCUT2D eigenvalue weighted by atomic mass is 16.2. The molecule has 2 atom stereocenters. The first-order chi connectivity index (χ1) is 6.28. The number of hydrogen-bond acceptors (Lipinski definition) is 1. The van der Waals surface area contributed by atoms with Gasteiger partial charge >= 0.3 is 0 Å². The highest BCUT2D eigenvalue weighted by molar-refractivity contribution is 5.83. The summed E-state index contributed by atoms with van der Waals surface area (Å²) in [6.07, 6.45) is 2.23. The first-order valence-corrected chi connectivity index (χ1v) is 5.14. The van der Waals surface area contributed by atoms with Crippen molar-refractivity contribution in [3.8, 4) is 0 Å². The lowest BCUT2D eigenvalue weighted by atomic mass is 10.1. The van der Waals surface area contributed by atoms with Crippen molar-refractivity contribution in [1.82, 2.24) is 4.90 Å². The molecule has 1 amide bonds. The highest BCUT2D eigenvalue weighted by Crippen LogP contribution is 2.59. The van der Waals surface area contributed by atoms with Gasteiger partial charge in [0.2, 0.25) is 5.91 Å². The molecule has 2 heteroatoms. The molecular formula is C12H21NO. The molecule has 0 unspecified atom stereocenters. The third-order valence-corrected chi connectivity index (χ3v) is 3.13. The fourth-order valence-corrected chi connectivity index (χ4v) is 2.10. The van der Waals surface area contributed by atoms with Crippen molar-refractivity contribution in [3.05, 3.63) is 11.6 Å². The first kappa shape index (κ1) is 11.3. The van der Waals surface area contributed by atoms with Crippen molar-refractivity contribution in [2.75, 3.05) is 14.1 Å². The number of carbonyl (C=O) groups is 1. The van der Waals surface area contributed by atoms with Crippen LogP contribution in [0.3, 0.4) is 0 Å². The minimum atomic E-state index is 0.151. The number of amides is 1. The van der Waals surface area contributed by atoms with E-state index in [1.165, 1.54) is 5.57 Å². The van der Waals surface area contributed by atoms with Crippen molar-refractivity contribution >= 4 is 5.91 Å². The summed E-state index contributed by atoms with van der Waals surface area (Å²) in [4.78, 5) is 13.5. The van der Waals surface area contributed by atoms with E-state index in [0.717, 1.165) is 0 Å². The standard InChI is InChI=1S/C12H21NO/c1-8(2)7-9-10(12(9,3)4)11(14)13(5)6/h7,9-10H,1-6H3/t9-,10-/m0/s1. The van der Waals surface area contributed by atoms with Crippen LogP contribution in [0.5, 0.6) is 0 Å². The minimum Gasteiger partial charge on any atom is -0.349 e. The second kappa shape index (κ2) is 3.41. The third-order valence-electron chi connectivity index (χ3n) is 3.13. The average Bonchev–Trinajstić information content (AvgIpc) is 2.50. The first-order valence-electron chi connectivity index (χ1n) is 5.14. The fraction of sp³-hybridized carbons (Fsp3) is 0.750. The van der Waals surface area contributed by atoms with Crippen LogP contribution in [0.4, 0.5) is 0 Å². The van der Waals surface area contributed by atoms with Crippen LogP contribution in [-0.2, 0) is 4.79 Å². The van der Waals surface area contributed by atoms with Gasteiger partial charge in [0.1, 0.15) is 0 Å². The van der Waals surface area contributed by atoms with Crippen LogP contribution in [0, 0.1) is 17.3 Å². The van der Waals surface area contributed by atoms with E-state index in [1.807, 2.05) is 14.1 Å². The van der Waals surface area contributed by atoms with Gasteiger partial charge in [-0.15, -0.1) is 0 Å². The van der Waals surface area contributed by atoms with E-state index in [4.69, 9.17) is 0 Å². The normalized spacial score (nSPS) is 28.1. The predicted molar refractivity (Wildman–Crippen MR) is 58.9 cm³/mol. The van der Waals surface area contributed by atoms with Gasteiger partial charge in [-0.3, -0.25) is 4.79 Å². The smallest absolute Gasteiger partial charge is 0.226 e. The van der Waals surface area contributed by atoms with Gasteiger partial charge < -0.3 is 4.90 Å². The summed E-state index contributed by atoms with van der Waals surface area (Å²) in [6.45, 7) is 8.52. The van der Waals surface area contributed by atoms with E-state index in [2.05, 4.69) is 33.8 Å². The summed E-state index contributed by atoms with van der Waals surface area (Å²) >= 11 is 0. The van der Waals surface area contributed by atoms with Crippen LogP contribution in [0.25, 0.3) is 0 Å². The molecule has 0 aromatic heterocycles. The van der Waals surface area contributed by atoms with Crippen LogP contribution in [0.15, 0.2) is 11.6 Å². The Labute approximate surface area is 87.0 Å². The molecule has 14 heavy (non-hydrogen) atoms. The Hall–Kier alpha value is -0.790. The number of nitrogens with zero attached hydrogens (tertiary/aromatic N) is 1. The Morgan fingerprint density at radius 3 is 2.14 bits per heavy atom. The maximum absolute atomic E-state index is 11.8. The van der Waals surface area contributed by atoms with Gasteiger partial charge in [-0.2, -0.15) is 0 Å². The van der Waals surface area contributed by atoms with Gasteiger partial charge in [0.25, 0.3) is 0 Å². The van der Waals surface area contributed by atoms with E-state index < -0.39 is 0 Å². The second-order valence-corrected chi connectivity index (χ2v) is 5.30. The number of carbonyl (C=O) groups excluding carboxylic acids is 1. The summed E-state index contributed by atoms with van der Waals surface area (Å²) in [5.41, 5.74) is 1.45. The third kappa shape index (κ3) is 1.84. The lowest BCUT2D eigenvalue weighted by Crippen LogP contribution is -2.25. The van der Waals surface area contributed by atoms with E-state index in [-0.39, 0.29) is 17.2 Å². The fourth-order valence-electron chi connectivity index (χ4n) is 2.10. The molecule has 0 bridgehead atoms. The van der Waals surface area contributed by atoms with Gasteiger partial charge in [0, 0.05) is 14.1 Å². The zero-order valence-corrected chi connectivity index (χ0v) is 10.1. The monoisotopic (exact) mass is 195 g/mol. The van der Waals surface area contributed by atoms with E-state index in [9.17, 15) is 4.79 Å². The van der Waals surface area contributed by atoms with Gasteiger partial charge in [0.05, 0.1) is 5.92 Å². The maximum atomic E-state index is 11.8. The maximum Gasteiger partial charge on any atom is 0.226 e. The molecule has 0 spiro atoms. The van der Waals surface area contributed by atoms with Gasteiger partial charge in [0.15, 0.2) is 0 Å². The van der Waals surface area contributed by atoms with Crippen molar-refractivity contribution in [3.63, 3.8) is 0 Å². The largest absolute Gasteiger partial charge is 0.349 e. The predicted octanol–water partition coefficient (Wildman–Crippen LogP) is 2.31. The Bertz CT molecular complexity index is 272. The van der Waals surface area contributed by atoms with E-state index in [1.54, 1.807) is 4.90 Å². The molecule has 0 aromatic rings. The molecule has 1 saturated carbocycles. The molecule has 1 fully saturated rings. The molecule has 0 aliphatic heterocycles. The average molecular weight is 195 g/mol. The molecule has 80 valence electrons. The summed E-state index contributed by atoms with van der Waals surface area (Å²) in [5, 5.41) is 0. The van der Waals surface area contributed by atoms with Gasteiger partial charge in [-0.25, -0.2) is 0 Å². The van der Waals surface area contributed by atoms with Crippen LogP contribution in [0.2, 0.25) is 0 Å². The summed E-state index contributed by atoms with van der Waals surface area (Å²) in [7, 11) is 3.66. The van der Waals surface area contributed by atoms with E-state index in [0.29, 0.717) is 5.92 Å². The SMILES string of the molecule is CC(C)=C[C@H]1[C@@H](C(=O)N(C)C)C1(C)C. The number of hydrogen-bond donors (Lipinski definition) is 0. The van der Waals surface area contributed by atoms with Crippen LogP contribution in [0.1, 0.15) is 27.7 Å². The second-order valence-electron chi connectivity index (χ2n) is 5.30. The van der Waals surface area contributed by atoms with Crippen LogP contribution >= 0.6 is 0 Å². The highest BCUT2D eigenvalue weighted by Gasteiger charge is 2.60. The molecular weight excluding hydrogens is 174 g/mol. The Kier molecular flexibility index (Phi) is 2.75. The Morgan fingerprint density at radius 2 is 1.79 bits per heavy atom. The zero-order chi connectivity index (χ0) is 11.1. The molecule has 1 aliphatic carbocycles. The summed E-state index contributed by atoms with van der Waals surface area (Å²) in [5.74, 6) is 0.882. The Morgan fingerprint density at radius 1 is 1.29 bits per heavy atom. The van der Waals surface area contributed by atoms with Crippen LogP contribution in [-0.4, -0.2) is 24.9 Å². The molecule has 1 aliphatic rings. The van der Waals surface area contributed by atoms with E-state index >= 15 is 0 Å². The number of allylic oxidation sites excluding steroid dienone is 2. The van der Waals surface area contributed by atoms with Crippen molar-refractivity contribution < 1.29 is 4.79 Å². The van der Waals surface area contributed by atoms with Crippen LogP contribution < -0.4 is 0 Å². The van der Waals surface area contributed by atoms with Gasteiger partial charge in [-0.1, -0.05) is 25.5 Å². The van der Waals surface area contributed by atoms with Gasteiger partial charge in [-0.05, 0) is 25.2 Å². The zero-order valence-electron chi connectivity index (χ0n) is 10.1. The quantitative estimate of drug-likeness (QED) is 0.619. The molecule has 0 heterocycles. The molecule has 0 N–H and O–H groups in total. The topological polar surface area (TPSA) is 20.3 Å². The molecule has 0 aromatic carbocycles. The summed E-state index contributed by atoms with van der Waals surface area (Å²) < 4.78 is 0. The molecule has 0 radical (unpaired) electrons. The molecule has 1 rings (SSSR count). The van der Waals surface area contributed by atoms with Crippen molar-refractivity contribution in [2.45, 2.75) is 27.7 Å². The Balaban J connectivity index is 2.76. The number of rotatable bonds is 2.